The molecule has 3 rings (SSSR count). The van der Waals surface area contributed by atoms with E-state index < -0.39 is 0 Å². The molecule has 3 heterocycles. The van der Waals surface area contributed by atoms with Crippen molar-refractivity contribution in [1.82, 2.24) is 15.0 Å². The number of hydrogen-bond donors (Lipinski definition) is 1. The summed E-state index contributed by atoms with van der Waals surface area (Å²) in [6, 6.07) is 4.31. The van der Waals surface area contributed by atoms with Gasteiger partial charge in [-0.1, -0.05) is 0 Å². The Morgan fingerprint density at radius 3 is 2.90 bits per heavy atom. The predicted octanol–water partition coefficient (Wildman–Crippen LogP) is 2.26. The molecule has 104 valence electrons. The summed E-state index contributed by atoms with van der Waals surface area (Å²) in [5.41, 5.74) is 2.35. The van der Waals surface area contributed by atoms with Gasteiger partial charge in [-0.05, 0) is 37.5 Å². The van der Waals surface area contributed by atoms with E-state index in [-0.39, 0.29) is 0 Å². The minimum absolute atomic E-state index is 0.425. The molecule has 1 unspecified atom stereocenters. The minimum atomic E-state index is 0.425. The highest BCUT2D eigenvalue weighted by atomic mass is 15.3. The summed E-state index contributed by atoms with van der Waals surface area (Å²) in [6.45, 7) is 4.04. The number of nitrogens with one attached hydrogen (secondary N) is 1. The fraction of sp³-hybridized carbons (Fsp3) is 0.400. The highest BCUT2D eigenvalue weighted by Crippen LogP contribution is 2.20. The van der Waals surface area contributed by atoms with E-state index in [4.69, 9.17) is 0 Å². The molecule has 1 fully saturated rings. The molecule has 1 saturated heterocycles. The van der Waals surface area contributed by atoms with E-state index in [2.05, 4.69) is 32.1 Å². The van der Waals surface area contributed by atoms with Crippen LogP contribution in [0, 0.1) is 6.92 Å². The van der Waals surface area contributed by atoms with Crippen molar-refractivity contribution >= 4 is 11.6 Å². The number of nitrogens with zero attached hydrogens (tertiary/aromatic N) is 4. The van der Waals surface area contributed by atoms with Crippen molar-refractivity contribution in [3.63, 3.8) is 0 Å². The second kappa shape index (κ2) is 5.86. The molecule has 0 radical (unpaired) electrons. The van der Waals surface area contributed by atoms with Crippen LogP contribution in [0.3, 0.4) is 0 Å². The van der Waals surface area contributed by atoms with Crippen molar-refractivity contribution in [2.75, 3.05) is 23.3 Å². The molecule has 1 atom stereocenters. The zero-order valence-corrected chi connectivity index (χ0v) is 11.7. The van der Waals surface area contributed by atoms with Gasteiger partial charge in [0.25, 0.3) is 0 Å². The second-order valence-corrected chi connectivity index (χ2v) is 5.17. The summed E-state index contributed by atoms with van der Waals surface area (Å²) in [5.74, 6) is 0.824. The first-order valence-electron chi connectivity index (χ1n) is 7.02. The topological polar surface area (TPSA) is 53.9 Å². The Hall–Kier alpha value is -2.17. The third-order valence-electron chi connectivity index (χ3n) is 3.64. The van der Waals surface area contributed by atoms with Gasteiger partial charge in [-0.2, -0.15) is 0 Å². The lowest BCUT2D eigenvalue weighted by molar-refractivity contribution is 0.522. The summed E-state index contributed by atoms with van der Waals surface area (Å²) in [6.07, 6.45) is 9.64. The van der Waals surface area contributed by atoms with Crippen molar-refractivity contribution in [2.24, 2.45) is 0 Å². The maximum Gasteiger partial charge on any atom is 0.225 e. The lowest BCUT2D eigenvalue weighted by atomic mass is 10.1. The molecular weight excluding hydrogens is 250 g/mol. The zero-order valence-electron chi connectivity index (χ0n) is 11.7. The summed E-state index contributed by atoms with van der Waals surface area (Å²) in [7, 11) is 0. The fourth-order valence-electron chi connectivity index (χ4n) is 2.59. The highest BCUT2D eigenvalue weighted by Gasteiger charge is 2.21. The SMILES string of the molecule is Cc1cnccc1NC1CCCN(c2ncccn2)C1. The van der Waals surface area contributed by atoms with Crippen LogP contribution in [0.25, 0.3) is 0 Å². The number of anilines is 2. The molecule has 0 bridgehead atoms. The normalized spacial score (nSPS) is 18.9. The van der Waals surface area contributed by atoms with E-state index in [1.807, 2.05) is 24.5 Å². The van der Waals surface area contributed by atoms with E-state index in [9.17, 15) is 0 Å². The number of rotatable bonds is 3. The van der Waals surface area contributed by atoms with Crippen molar-refractivity contribution in [1.29, 1.82) is 0 Å². The highest BCUT2D eigenvalue weighted by molar-refractivity contribution is 5.50. The Morgan fingerprint density at radius 1 is 1.25 bits per heavy atom. The Bertz CT molecular complexity index is 557. The van der Waals surface area contributed by atoms with Crippen LogP contribution in [0.15, 0.2) is 36.9 Å². The van der Waals surface area contributed by atoms with Gasteiger partial charge in [0.15, 0.2) is 0 Å². The van der Waals surface area contributed by atoms with Gasteiger partial charge < -0.3 is 10.2 Å². The lowest BCUT2D eigenvalue weighted by Crippen LogP contribution is -2.43. The van der Waals surface area contributed by atoms with E-state index in [1.54, 1.807) is 12.4 Å². The van der Waals surface area contributed by atoms with Crippen LogP contribution in [-0.2, 0) is 0 Å². The number of aromatic nitrogens is 3. The number of hydrogen-bond acceptors (Lipinski definition) is 5. The van der Waals surface area contributed by atoms with Gasteiger partial charge in [0.05, 0.1) is 0 Å². The van der Waals surface area contributed by atoms with Crippen LogP contribution in [0.5, 0.6) is 0 Å². The molecule has 20 heavy (non-hydrogen) atoms. The molecule has 0 spiro atoms. The van der Waals surface area contributed by atoms with Crippen LogP contribution in [0.4, 0.5) is 11.6 Å². The van der Waals surface area contributed by atoms with Crippen LogP contribution in [0.1, 0.15) is 18.4 Å². The van der Waals surface area contributed by atoms with Crippen LogP contribution in [0.2, 0.25) is 0 Å². The standard InChI is InChI=1S/C15H19N5/c1-12-10-16-8-5-14(12)19-13-4-2-9-20(11-13)15-17-6-3-7-18-15/h3,5-8,10,13H,2,4,9,11H2,1H3,(H,16,19). The van der Waals surface area contributed by atoms with Gasteiger partial charge in [0.2, 0.25) is 5.95 Å². The van der Waals surface area contributed by atoms with E-state index in [0.29, 0.717) is 6.04 Å². The summed E-state index contributed by atoms with van der Waals surface area (Å²) < 4.78 is 0. The largest absolute Gasteiger partial charge is 0.380 e. The number of aryl methyl sites for hydroxylation is 1. The first-order chi connectivity index (χ1) is 9.83. The average molecular weight is 269 g/mol. The fourth-order valence-corrected chi connectivity index (χ4v) is 2.59. The van der Waals surface area contributed by atoms with Crippen molar-refractivity contribution < 1.29 is 0 Å². The van der Waals surface area contributed by atoms with Gasteiger partial charge in [-0.15, -0.1) is 0 Å². The monoisotopic (exact) mass is 269 g/mol. The smallest absolute Gasteiger partial charge is 0.225 e. The summed E-state index contributed by atoms with van der Waals surface area (Å²) in [5, 5.41) is 3.61. The Labute approximate surface area is 119 Å². The molecule has 1 aliphatic heterocycles. The number of pyridine rings is 1. The van der Waals surface area contributed by atoms with Crippen LogP contribution in [-0.4, -0.2) is 34.1 Å². The summed E-state index contributed by atoms with van der Waals surface area (Å²) >= 11 is 0. The van der Waals surface area contributed by atoms with E-state index in [0.717, 1.165) is 25.5 Å². The van der Waals surface area contributed by atoms with Gasteiger partial charge in [-0.25, -0.2) is 9.97 Å². The molecule has 1 aliphatic rings. The zero-order chi connectivity index (χ0) is 13.8. The van der Waals surface area contributed by atoms with Crippen molar-refractivity contribution in [3.05, 3.63) is 42.5 Å². The first kappa shape index (κ1) is 12.8. The lowest BCUT2D eigenvalue weighted by Gasteiger charge is -2.33. The van der Waals surface area contributed by atoms with Crippen molar-refractivity contribution in [2.45, 2.75) is 25.8 Å². The third kappa shape index (κ3) is 2.87. The Balaban J connectivity index is 1.68. The minimum Gasteiger partial charge on any atom is -0.380 e. The summed E-state index contributed by atoms with van der Waals surface area (Å²) in [4.78, 5) is 15.1. The molecule has 5 nitrogen and oxygen atoms in total. The van der Waals surface area contributed by atoms with E-state index in [1.165, 1.54) is 17.7 Å². The molecule has 1 N–H and O–H groups in total. The molecule has 2 aromatic heterocycles. The third-order valence-corrected chi connectivity index (χ3v) is 3.64. The molecule has 0 saturated carbocycles. The maximum absolute atomic E-state index is 4.34. The maximum atomic E-state index is 4.34. The predicted molar refractivity (Wildman–Crippen MR) is 79.9 cm³/mol. The molecule has 0 aromatic carbocycles. The van der Waals surface area contributed by atoms with Crippen molar-refractivity contribution in [3.8, 4) is 0 Å². The Morgan fingerprint density at radius 2 is 2.10 bits per heavy atom. The number of piperidine rings is 1. The van der Waals surface area contributed by atoms with Crippen LogP contribution < -0.4 is 10.2 Å². The molecule has 0 aliphatic carbocycles. The molecule has 2 aromatic rings. The molecule has 0 amide bonds. The molecular formula is C15H19N5. The quantitative estimate of drug-likeness (QED) is 0.926. The second-order valence-electron chi connectivity index (χ2n) is 5.17. The van der Waals surface area contributed by atoms with Gasteiger partial charge >= 0.3 is 0 Å². The van der Waals surface area contributed by atoms with Gasteiger partial charge in [-0.3, -0.25) is 4.98 Å². The van der Waals surface area contributed by atoms with Gasteiger partial charge in [0, 0.05) is 49.6 Å². The molecule has 5 heteroatoms. The average Bonchev–Trinajstić information content (AvgIpc) is 2.51. The first-order valence-corrected chi connectivity index (χ1v) is 7.02. The Kier molecular flexibility index (Phi) is 3.76. The van der Waals surface area contributed by atoms with Gasteiger partial charge in [0.1, 0.15) is 0 Å². The van der Waals surface area contributed by atoms with Crippen LogP contribution >= 0.6 is 0 Å². The van der Waals surface area contributed by atoms with E-state index >= 15 is 0 Å².